The van der Waals surface area contributed by atoms with Crippen molar-refractivity contribution >= 4 is 0 Å². The molecule has 0 saturated heterocycles. The molecule has 0 aliphatic carbocycles. The number of nitrogens with two attached hydrogens (primary N) is 1. The predicted molar refractivity (Wildman–Crippen MR) is 60.8 cm³/mol. The van der Waals surface area contributed by atoms with E-state index in [1.807, 2.05) is 0 Å². The fourth-order valence-electron chi connectivity index (χ4n) is 1.66. The normalized spacial score (nSPS) is 11.6. The first-order chi connectivity index (χ1) is 8.97. The molecule has 2 aromatic rings. The Bertz CT molecular complexity index is 580. The van der Waals surface area contributed by atoms with Crippen LogP contribution >= 0.6 is 0 Å². The highest BCUT2D eigenvalue weighted by molar-refractivity contribution is 5.40. The molecule has 1 aromatic carbocycles. The third kappa shape index (κ3) is 2.53. The summed E-state index contributed by atoms with van der Waals surface area (Å²) in [6.07, 6.45) is -4.58. The number of hydrogen-bond acceptors (Lipinski definition) is 4. The van der Waals surface area contributed by atoms with E-state index in [9.17, 15) is 13.2 Å². The summed E-state index contributed by atoms with van der Waals surface area (Å²) < 4.78 is 44.7. The molecule has 2 N–H and O–H groups in total. The molecular formula is C11H11F3N4O. The molecule has 1 aromatic heterocycles. The minimum absolute atomic E-state index is 0.207. The molecular weight excluding hydrogens is 261 g/mol. The number of alkyl halides is 3. The Balaban J connectivity index is 2.59. The van der Waals surface area contributed by atoms with Gasteiger partial charge in [-0.15, -0.1) is 5.10 Å². The maximum absolute atomic E-state index is 13.0. The Labute approximate surface area is 106 Å². The van der Waals surface area contributed by atoms with Crippen LogP contribution in [0.4, 0.5) is 13.2 Å². The second kappa shape index (κ2) is 4.88. The molecule has 0 amide bonds. The molecule has 2 rings (SSSR count). The van der Waals surface area contributed by atoms with Gasteiger partial charge < -0.3 is 10.5 Å². The monoisotopic (exact) mass is 272 g/mol. The van der Waals surface area contributed by atoms with Gasteiger partial charge in [-0.3, -0.25) is 0 Å². The number of nitrogens with zero attached hydrogens (tertiary/aromatic N) is 3. The fourth-order valence-corrected chi connectivity index (χ4v) is 1.66. The van der Waals surface area contributed by atoms with Gasteiger partial charge in [0, 0.05) is 12.6 Å². The van der Waals surface area contributed by atoms with Crippen LogP contribution in [-0.2, 0) is 12.7 Å². The number of methoxy groups -OCH3 is 1. The lowest BCUT2D eigenvalue weighted by atomic mass is 10.2. The van der Waals surface area contributed by atoms with Gasteiger partial charge in [0.1, 0.15) is 11.4 Å². The zero-order valence-corrected chi connectivity index (χ0v) is 9.98. The van der Waals surface area contributed by atoms with Gasteiger partial charge in [-0.25, -0.2) is 4.68 Å². The van der Waals surface area contributed by atoms with Gasteiger partial charge in [-0.2, -0.15) is 13.2 Å². The molecule has 0 atom stereocenters. The zero-order valence-electron chi connectivity index (χ0n) is 9.98. The van der Waals surface area contributed by atoms with Crippen LogP contribution < -0.4 is 10.5 Å². The molecule has 8 heteroatoms. The molecule has 0 fully saturated rings. The van der Waals surface area contributed by atoms with Crippen molar-refractivity contribution in [3.63, 3.8) is 0 Å². The molecule has 1 heterocycles. The average Bonchev–Trinajstić information content (AvgIpc) is 2.82. The summed E-state index contributed by atoms with van der Waals surface area (Å²) in [6.45, 7) is -0.335. The van der Waals surface area contributed by atoms with E-state index in [4.69, 9.17) is 10.5 Å². The van der Waals surface area contributed by atoms with E-state index in [-0.39, 0.29) is 17.9 Å². The molecule has 19 heavy (non-hydrogen) atoms. The van der Waals surface area contributed by atoms with Gasteiger partial charge in [0.05, 0.1) is 12.8 Å². The molecule has 5 nitrogen and oxygen atoms in total. The van der Waals surface area contributed by atoms with Crippen LogP contribution in [-0.4, -0.2) is 22.1 Å². The van der Waals surface area contributed by atoms with Crippen LogP contribution in [0.2, 0.25) is 0 Å². The number of rotatable bonds is 3. The molecule has 0 spiro atoms. The van der Waals surface area contributed by atoms with Crippen molar-refractivity contribution in [3.8, 4) is 11.4 Å². The van der Waals surface area contributed by atoms with Crippen LogP contribution in [0.25, 0.3) is 5.69 Å². The Hall–Kier alpha value is -2.09. The highest BCUT2D eigenvalue weighted by Crippen LogP contribution is 2.32. The minimum Gasteiger partial charge on any atom is -0.497 e. The third-order valence-corrected chi connectivity index (χ3v) is 2.50. The number of benzene rings is 1. The van der Waals surface area contributed by atoms with Crippen LogP contribution in [0, 0.1) is 0 Å². The smallest absolute Gasteiger partial charge is 0.435 e. The lowest BCUT2D eigenvalue weighted by Crippen LogP contribution is -2.16. The number of ether oxygens (including phenoxy) is 1. The topological polar surface area (TPSA) is 66.0 Å². The van der Waals surface area contributed by atoms with Crippen LogP contribution in [0.1, 0.15) is 11.4 Å². The van der Waals surface area contributed by atoms with E-state index < -0.39 is 11.9 Å². The van der Waals surface area contributed by atoms with E-state index in [1.54, 1.807) is 12.1 Å². The third-order valence-electron chi connectivity index (χ3n) is 2.50. The maximum atomic E-state index is 13.0. The maximum Gasteiger partial charge on any atom is 0.435 e. The Morgan fingerprint density at radius 3 is 2.68 bits per heavy atom. The summed E-state index contributed by atoms with van der Waals surface area (Å²) in [6, 6.07) is 6.10. The van der Waals surface area contributed by atoms with Crippen molar-refractivity contribution < 1.29 is 17.9 Å². The summed E-state index contributed by atoms with van der Waals surface area (Å²) in [4.78, 5) is 0. The summed E-state index contributed by atoms with van der Waals surface area (Å²) >= 11 is 0. The summed E-state index contributed by atoms with van der Waals surface area (Å²) in [5.74, 6) is 0.426. The molecule has 0 aliphatic rings. The second-order valence-electron chi connectivity index (χ2n) is 3.70. The highest BCUT2D eigenvalue weighted by Gasteiger charge is 2.39. The van der Waals surface area contributed by atoms with Gasteiger partial charge in [0.2, 0.25) is 0 Å². The first-order valence-electron chi connectivity index (χ1n) is 5.33. The van der Waals surface area contributed by atoms with Crippen molar-refractivity contribution in [1.82, 2.24) is 15.0 Å². The van der Waals surface area contributed by atoms with Gasteiger partial charge in [0.25, 0.3) is 0 Å². The number of halogens is 3. The fraction of sp³-hybridized carbons (Fsp3) is 0.273. The van der Waals surface area contributed by atoms with Crippen molar-refractivity contribution in [2.24, 2.45) is 5.73 Å². The summed E-state index contributed by atoms with van der Waals surface area (Å²) in [5.41, 5.74) is 4.20. The van der Waals surface area contributed by atoms with Crippen molar-refractivity contribution in [2.75, 3.05) is 7.11 Å². The molecule has 0 radical (unpaired) electrons. The molecule has 0 saturated carbocycles. The van der Waals surface area contributed by atoms with Gasteiger partial charge in [-0.05, 0) is 12.1 Å². The van der Waals surface area contributed by atoms with Crippen LogP contribution in [0.15, 0.2) is 24.3 Å². The average molecular weight is 272 g/mol. The lowest BCUT2D eigenvalue weighted by Gasteiger charge is -2.11. The Morgan fingerprint density at radius 2 is 2.11 bits per heavy atom. The first kappa shape index (κ1) is 13.3. The van der Waals surface area contributed by atoms with E-state index in [0.29, 0.717) is 10.4 Å². The summed E-state index contributed by atoms with van der Waals surface area (Å²) in [7, 11) is 1.43. The number of aromatic nitrogens is 3. The largest absolute Gasteiger partial charge is 0.497 e. The van der Waals surface area contributed by atoms with Gasteiger partial charge in [-0.1, -0.05) is 11.3 Å². The van der Waals surface area contributed by atoms with Crippen molar-refractivity contribution in [1.29, 1.82) is 0 Å². The van der Waals surface area contributed by atoms with E-state index >= 15 is 0 Å². The molecule has 0 aliphatic heterocycles. The lowest BCUT2D eigenvalue weighted by molar-refractivity contribution is -0.143. The molecule has 0 bridgehead atoms. The summed E-state index contributed by atoms with van der Waals surface area (Å²) in [5, 5.41) is 6.97. The van der Waals surface area contributed by atoms with E-state index in [1.165, 1.54) is 19.2 Å². The highest BCUT2D eigenvalue weighted by atomic mass is 19.4. The SMILES string of the molecule is COc1cccc(-n2nnc(CN)c2C(F)(F)F)c1. The quantitative estimate of drug-likeness (QED) is 0.924. The minimum atomic E-state index is -4.58. The molecule has 102 valence electrons. The molecule has 0 unspecified atom stereocenters. The Morgan fingerprint density at radius 1 is 1.37 bits per heavy atom. The second-order valence-corrected chi connectivity index (χ2v) is 3.70. The zero-order chi connectivity index (χ0) is 14.0. The van der Waals surface area contributed by atoms with Crippen LogP contribution in [0.5, 0.6) is 5.75 Å². The predicted octanol–water partition coefficient (Wildman–Crippen LogP) is 1.75. The van der Waals surface area contributed by atoms with Gasteiger partial charge >= 0.3 is 6.18 Å². The number of hydrogen-bond donors (Lipinski definition) is 1. The van der Waals surface area contributed by atoms with Crippen molar-refractivity contribution in [3.05, 3.63) is 35.7 Å². The van der Waals surface area contributed by atoms with Gasteiger partial charge in [0.15, 0.2) is 5.69 Å². The first-order valence-corrected chi connectivity index (χ1v) is 5.33. The van der Waals surface area contributed by atoms with E-state index in [2.05, 4.69) is 10.3 Å². The van der Waals surface area contributed by atoms with Crippen LogP contribution in [0.3, 0.4) is 0 Å². The Kier molecular flexibility index (Phi) is 3.43. The van der Waals surface area contributed by atoms with E-state index in [0.717, 1.165) is 0 Å². The standard InChI is InChI=1S/C11H11F3N4O/c1-19-8-4-2-3-7(5-8)18-10(11(12,13)14)9(6-15)16-17-18/h2-5H,6,15H2,1H3. The van der Waals surface area contributed by atoms with Crippen molar-refractivity contribution in [2.45, 2.75) is 12.7 Å².